The van der Waals surface area contributed by atoms with Crippen LogP contribution in [0.4, 0.5) is 0 Å². The van der Waals surface area contributed by atoms with Crippen molar-refractivity contribution in [2.24, 2.45) is 5.11 Å². The Bertz CT molecular complexity index is 318. The molecule has 15 heavy (non-hydrogen) atoms. The molecule has 0 spiro atoms. The van der Waals surface area contributed by atoms with Gasteiger partial charge in [-0.1, -0.05) is 39.9 Å². The van der Waals surface area contributed by atoms with Crippen molar-refractivity contribution in [2.75, 3.05) is 7.11 Å². The number of carbonyl (C=O) groups excluding carboxylic acids is 1. The molecule has 0 aliphatic carbocycles. The van der Waals surface area contributed by atoms with Gasteiger partial charge in [0.1, 0.15) is 5.76 Å². The number of hydrogen-bond donors (Lipinski definition) is 0. The number of alkyl halides is 3. The first-order valence-electron chi connectivity index (χ1n) is 3.74. The summed E-state index contributed by atoms with van der Waals surface area (Å²) in [5, 5.41) is 3.34. The molecule has 0 aromatic heterocycles. The summed E-state index contributed by atoms with van der Waals surface area (Å²) >= 11 is 16.0. The Balaban J connectivity index is 4.89. The van der Waals surface area contributed by atoms with E-state index >= 15 is 0 Å². The van der Waals surface area contributed by atoms with Gasteiger partial charge in [0.2, 0.25) is 5.78 Å². The van der Waals surface area contributed by atoms with Gasteiger partial charge in [-0.15, -0.1) is 0 Å². The van der Waals surface area contributed by atoms with Gasteiger partial charge in [0, 0.05) is 11.0 Å². The Morgan fingerprint density at radius 1 is 1.60 bits per heavy atom. The summed E-state index contributed by atoms with van der Waals surface area (Å²) in [6, 6.07) is -0.642. The highest BCUT2D eigenvalue weighted by Gasteiger charge is 2.29. The third-order valence-corrected chi connectivity index (χ3v) is 1.98. The van der Waals surface area contributed by atoms with Crippen LogP contribution in [0.5, 0.6) is 0 Å². The smallest absolute Gasteiger partial charge is 0.252 e. The maximum Gasteiger partial charge on any atom is 0.252 e. The van der Waals surface area contributed by atoms with E-state index in [0.717, 1.165) is 6.08 Å². The molecule has 84 valence electrons. The van der Waals surface area contributed by atoms with E-state index in [4.69, 9.17) is 45.1 Å². The van der Waals surface area contributed by atoms with E-state index < -0.39 is 15.6 Å². The van der Waals surface area contributed by atoms with Crippen molar-refractivity contribution < 1.29 is 9.53 Å². The molecule has 0 aliphatic rings. The molecule has 0 bridgehead atoms. The summed E-state index contributed by atoms with van der Waals surface area (Å²) in [5.74, 6) is -0.631. The predicted molar refractivity (Wildman–Crippen MR) is 59.0 cm³/mol. The van der Waals surface area contributed by atoms with Gasteiger partial charge < -0.3 is 4.74 Å². The van der Waals surface area contributed by atoms with Gasteiger partial charge in [-0.05, 0) is 12.5 Å². The van der Waals surface area contributed by atoms with Crippen molar-refractivity contribution in [2.45, 2.75) is 16.8 Å². The zero-order valence-corrected chi connectivity index (χ0v) is 10.2. The van der Waals surface area contributed by atoms with Crippen LogP contribution >= 0.6 is 34.8 Å². The Morgan fingerprint density at radius 2 is 2.13 bits per heavy atom. The number of nitrogens with zero attached hydrogens (tertiary/aromatic N) is 3. The molecule has 5 nitrogen and oxygen atoms in total. The zero-order valence-electron chi connectivity index (χ0n) is 7.95. The monoisotopic (exact) mass is 271 g/mol. The van der Waals surface area contributed by atoms with E-state index in [1.165, 1.54) is 7.11 Å². The fourth-order valence-electron chi connectivity index (χ4n) is 0.695. The van der Waals surface area contributed by atoms with Crippen LogP contribution in [0.15, 0.2) is 16.9 Å². The SMILES string of the molecule is CO/C(=C/C(=O)C(Cl)(Cl)Cl)C(C)N=[N+]=[N-]. The first-order valence-corrected chi connectivity index (χ1v) is 4.87. The number of allylic oxidation sites excluding steroid dienone is 1. The van der Waals surface area contributed by atoms with Crippen LogP contribution in [-0.2, 0) is 9.53 Å². The van der Waals surface area contributed by atoms with E-state index in [2.05, 4.69) is 10.0 Å². The maximum atomic E-state index is 11.3. The van der Waals surface area contributed by atoms with Gasteiger partial charge in [0.25, 0.3) is 3.79 Å². The van der Waals surface area contributed by atoms with Gasteiger partial charge in [-0.2, -0.15) is 0 Å². The number of halogens is 3. The number of ketones is 1. The minimum Gasteiger partial charge on any atom is -0.501 e. The lowest BCUT2D eigenvalue weighted by molar-refractivity contribution is -0.114. The number of methoxy groups -OCH3 is 1. The van der Waals surface area contributed by atoms with Crippen LogP contribution in [0.3, 0.4) is 0 Å². The number of ether oxygens (including phenoxy) is 1. The molecule has 0 aromatic carbocycles. The molecule has 8 heteroatoms. The van der Waals surface area contributed by atoms with Gasteiger partial charge >= 0.3 is 0 Å². The van der Waals surface area contributed by atoms with Crippen LogP contribution in [0.25, 0.3) is 10.4 Å². The summed E-state index contributed by atoms with van der Waals surface area (Å²) < 4.78 is 2.79. The van der Waals surface area contributed by atoms with E-state index in [1.807, 2.05) is 0 Å². The lowest BCUT2D eigenvalue weighted by atomic mass is 10.2. The van der Waals surface area contributed by atoms with Crippen molar-refractivity contribution in [3.63, 3.8) is 0 Å². The van der Waals surface area contributed by atoms with E-state index in [0.29, 0.717) is 0 Å². The van der Waals surface area contributed by atoms with E-state index in [-0.39, 0.29) is 5.76 Å². The first kappa shape index (κ1) is 14.4. The fraction of sp³-hybridized carbons (Fsp3) is 0.571. The Hall–Kier alpha value is -0.610. The third-order valence-electron chi connectivity index (χ3n) is 1.43. The van der Waals surface area contributed by atoms with Gasteiger partial charge in [-0.3, -0.25) is 4.79 Å². The van der Waals surface area contributed by atoms with Crippen molar-refractivity contribution in [1.82, 2.24) is 0 Å². The molecule has 0 aromatic rings. The molecule has 0 rings (SSSR count). The van der Waals surface area contributed by atoms with E-state index in [1.54, 1.807) is 6.92 Å². The molecular weight excluding hydrogens is 264 g/mol. The lowest BCUT2D eigenvalue weighted by Crippen LogP contribution is -2.18. The summed E-state index contributed by atoms with van der Waals surface area (Å²) in [7, 11) is 1.32. The Kier molecular flexibility index (Phi) is 5.83. The topological polar surface area (TPSA) is 75.1 Å². The molecule has 0 aliphatic heterocycles. The second-order valence-electron chi connectivity index (χ2n) is 2.49. The average Bonchev–Trinajstić information content (AvgIpc) is 2.12. The van der Waals surface area contributed by atoms with Crippen LogP contribution < -0.4 is 0 Å². The van der Waals surface area contributed by atoms with E-state index in [9.17, 15) is 4.79 Å². The molecule has 0 fully saturated rings. The standard InChI is InChI=1S/C7H8Cl3N3O2/c1-4(12-13-11)5(15-2)3-6(14)7(8,9)10/h3-4H,1-2H3/b5-3+. The molecule has 1 atom stereocenters. The summed E-state index contributed by atoms with van der Waals surface area (Å²) in [6.07, 6.45) is 0.992. The Labute approximate surface area is 102 Å². The quantitative estimate of drug-likeness (QED) is 0.197. The minimum atomic E-state index is -2.04. The molecule has 1 unspecified atom stereocenters. The summed E-state index contributed by atoms with van der Waals surface area (Å²) in [5.41, 5.74) is 8.19. The predicted octanol–water partition coefficient (Wildman–Crippen LogP) is 3.15. The van der Waals surface area contributed by atoms with Crippen molar-refractivity contribution >= 4 is 40.6 Å². The van der Waals surface area contributed by atoms with Gasteiger partial charge in [0.15, 0.2) is 0 Å². The van der Waals surface area contributed by atoms with Crippen molar-refractivity contribution in [3.8, 4) is 0 Å². The third kappa shape index (κ3) is 5.14. The minimum absolute atomic E-state index is 0.129. The van der Waals surface area contributed by atoms with Crippen LogP contribution in [0.1, 0.15) is 6.92 Å². The molecule has 0 heterocycles. The van der Waals surface area contributed by atoms with Gasteiger partial charge in [-0.25, -0.2) is 0 Å². The van der Waals surface area contributed by atoms with Crippen molar-refractivity contribution in [1.29, 1.82) is 0 Å². The zero-order chi connectivity index (χ0) is 12.1. The van der Waals surface area contributed by atoms with Gasteiger partial charge in [0.05, 0.1) is 13.2 Å². The number of rotatable bonds is 4. The highest BCUT2D eigenvalue weighted by Crippen LogP contribution is 2.28. The van der Waals surface area contributed by atoms with Crippen molar-refractivity contribution in [3.05, 3.63) is 22.3 Å². The molecule has 0 saturated heterocycles. The summed E-state index contributed by atoms with van der Waals surface area (Å²) in [6.45, 7) is 1.54. The highest BCUT2D eigenvalue weighted by molar-refractivity contribution is 6.77. The molecule has 0 saturated carbocycles. The summed E-state index contributed by atoms with van der Waals surface area (Å²) in [4.78, 5) is 13.8. The maximum absolute atomic E-state index is 11.3. The number of azide groups is 1. The highest BCUT2D eigenvalue weighted by atomic mass is 35.6. The lowest BCUT2D eigenvalue weighted by Gasteiger charge is -2.11. The first-order chi connectivity index (χ1) is 6.82. The molecule has 0 radical (unpaired) electrons. The second kappa shape index (κ2) is 6.08. The van der Waals surface area contributed by atoms with Crippen LogP contribution in [0, 0.1) is 0 Å². The fourth-order valence-corrected chi connectivity index (χ4v) is 0.859. The average molecular weight is 273 g/mol. The largest absolute Gasteiger partial charge is 0.501 e. The second-order valence-corrected chi connectivity index (χ2v) is 4.77. The number of hydrogen-bond acceptors (Lipinski definition) is 3. The Morgan fingerprint density at radius 3 is 2.47 bits per heavy atom. The van der Waals surface area contributed by atoms with Crippen LogP contribution in [0.2, 0.25) is 0 Å². The van der Waals surface area contributed by atoms with Crippen LogP contribution in [-0.4, -0.2) is 22.7 Å². The molecule has 0 amide bonds. The molecular formula is C7H8Cl3N3O2. The normalized spacial score (nSPS) is 14.1. The molecule has 0 N–H and O–H groups in total. The number of carbonyl (C=O) groups is 1.